The molecule has 1 heterocycles. The number of ether oxygens (including phenoxy) is 1. The van der Waals surface area contributed by atoms with Gasteiger partial charge in [-0.3, -0.25) is 4.79 Å². The Morgan fingerprint density at radius 2 is 2.03 bits per heavy atom. The lowest BCUT2D eigenvalue weighted by molar-refractivity contribution is -0.126. The topological polar surface area (TPSA) is 75.7 Å². The zero-order chi connectivity index (χ0) is 22.4. The molecule has 1 amide bonds. The number of nitrogens with zero attached hydrogens (tertiary/aromatic N) is 1. The minimum atomic E-state index is -3.52. The third-order valence-electron chi connectivity index (χ3n) is 5.39. The third kappa shape index (κ3) is 6.69. The molecule has 3 rings (SSSR count). The number of hydrogen-bond acceptors (Lipinski definition) is 4. The Balaban J connectivity index is 1.50. The van der Waals surface area contributed by atoms with Gasteiger partial charge in [0.15, 0.2) is 0 Å². The van der Waals surface area contributed by atoms with Crippen molar-refractivity contribution < 1.29 is 17.9 Å². The van der Waals surface area contributed by atoms with Gasteiger partial charge in [-0.2, -0.15) is 0 Å². The van der Waals surface area contributed by atoms with Crippen LogP contribution in [0.2, 0.25) is 5.02 Å². The number of piperidine rings is 1. The Kier molecular flexibility index (Phi) is 7.97. The van der Waals surface area contributed by atoms with E-state index in [9.17, 15) is 13.2 Å². The van der Waals surface area contributed by atoms with Gasteiger partial charge in [0.05, 0.1) is 18.2 Å². The molecule has 1 fully saturated rings. The minimum Gasteiger partial charge on any atom is -0.491 e. The van der Waals surface area contributed by atoms with Crippen molar-refractivity contribution in [2.75, 3.05) is 26.2 Å². The second-order valence-electron chi connectivity index (χ2n) is 7.99. The molecule has 1 N–H and O–H groups in total. The van der Waals surface area contributed by atoms with Crippen LogP contribution in [0.15, 0.2) is 42.5 Å². The van der Waals surface area contributed by atoms with E-state index in [0.29, 0.717) is 43.1 Å². The van der Waals surface area contributed by atoms with Crippen LogP contribution in [0.25, 0.3) is 0 Å². The number of hydrogen-bond donors (Lipinski definition) is 1. The van der Waals surface area contributed by atoms with Crippen LogP contribution < -0.4 is 10.1 Å². The van der Waals surface area contributed by atoms with E-state index in [0.717, 1.165) is 16.9 Å². The molecule has 2 aromatic carbocycles. The predicted molar refractivity (Wildman–Crippen MR) is 123 cm³/mol. The summed E-state index contributed by atoms with van der Waals surface area (Å²) in [5.41, 5.74) is 2.80. The Morgan fingerprint density at radius 3 is 2.81 bits per heavy atom. The molecule has 0 spiro atoms. The van der Waals surface area contributed by atoms with E-state index in [1.165, 1.54) is 4.31 Å². The summed E-state index contributed by atoms with van der Waals surface area (Å²) in [5.74, 6) is 0.201. The molecule has 1 saturated heterocycles. The fourth-order valence-corrected chi connectivity index (χ4v) is 5.49. The van der Waals surface area contributed by atoms with Crippen LogP contribution in [0, 0.1) is 19.8 Å². The van der Waals surface area contributed by atoms with E-state index in [4.69, 9.17) is 16.3 Å². The van der Waals surface area contributed by atoms with Crippen LogP contribution in [0.3, 0.4) is 0 Å². The standard InChI is InChI=1S/C23H29ClN2O4S/c1-17-8-9-18(2)22(13-17)30-12-10-25-23(27)20-6-4-11-26(15-20)31(28,29)16-19-5-3-7-21(24)14-19/h3,5,7-9,13-14,20H,4,6,10-12,15-16H2,1-2H3,(H,25,27)/t20-/m1/s1. The first kappa shape index (κ1) is 23.6. The molecule has 6 nitrogen and oxygen atoms in total. The van der Waals surface area contributed by atoms with E-state index in [1.807, 2.05) is 32.0 Å². The normalized spacial score (nSPS) is 17.3. The maximum atomic E-state index is 12.8. The number of nitrogens with one attached hydrogen (secondary N) is 1. The first-order chi connectivity index (χ1) is 14.7. The maximum absolute atomic E-state index is 12.8. The van der Waals surface area contributed by atoms with E-state index in [-0.39, 0.29) is 24.1 Å². The van der Waals surface area contributed by atoms with E-state index >= 15 is 0 Å². The molecule has 0 bridgehead atoms. The summed E-state index contributed by atoms with van der Waals surface area (Å²) in [6.07, 6.45) is 1.33. The predicted octanol–water partition coefficient (Wildman–Crippen LogP) is 3.69. The van der Waals surface area contributed by atoms with Crippen LogP contribution in [-0.2, 0) is 20.6 Å². The van der Waals surface area contributed by atoms with Crippen molar-refractivity contribution in [2.45, 2.75) is 32.4 Å². The highest BCUT2D eigenvalue weighted by Gasteiger charge is 2.32. The summed E-state index contributed by atoms with van der Waals surface area (Å²) in [5, 5.41) is 3.39. The summed E-state index contributed by atoms with van der Waals surface area (Å²) < 4.78 is 32.9. The lowest BCUT2D eigenvalue weighted by Gasteiger charge is -2.31. The second kappa shape index (κ2) is 10.5. The lowest BCUT2D eigenvalue weighted by atomic mass is 9.99. The van der Waals surface area contributed by atoms with Crippen molar-refractivity contribution in [3.05, 3.63) is 64.2 Å². The van der Waals surface area contributed by atoms with Crippen molar-refractivity contribution in [3.8, 4) is 5.75 Å². The number of carbonyl (C=O) groups is 1. The van der Waals surface area contributed by atoms with Crippen molar-refractivity contribution in [3.63, 3.8) is 0 Å². The molecule has 168 valence electrons. The van der Waals surface area contributed by atoms with Crippen LogP contribution >= 0.6 is 11.6 Å². The van der Waals surface area contributed by atoms with Crippen LogP contribution in [0.1, 0.15) is 29.5 Å². The first-order valence-corrected chi connectivity index (χ1v) is 12.4. The highest BCUT2D eigenvalue weighted by atomic mass is 35.5. The summed E-state index contributed by atoms with van der Waals surface area (Å²) in [6.45, 7) is 5.35. The molecule has 0 aromatic heterocycles. The molecule has 0 saturated carbocycles. The number of halogens is 1. The number of aryl methyl sites for hydroxylation is 2. The zero-order valence-electron chi connectivity index (χ0n) is 17.9. The quantitative estimate of drug-likeness (QED) is 0.604. The molecular formula is C23H29ClN2O4S. The number of rotatable bonds is 8. The summed E-state index contributed by atoms with van der Waals surface area (Å²) in [4.78, 5) is 12.6. The van der Waals surface area contributed by atoms with Gasteiger partial charge in [-0.25, -0.2) is 12.7 Å². The lowest BCUT2D eigenvalue weighted by Crippen LogP contribution is -2.46. The van der Waals surface area contributed by atoms with E-state index < -0.39 is 10.0 Å². The zero-order valence-corrected chi connectivity index (χ0v) is 19.5. The summed E-state index contributed by atoms with van der Waals surface area (Å²) >= 11 is 5.97. The van der Waals surface area contributed by atoms with Crippen LogP contribution in [-0.4, -0.2) is 44.9 Å². The van der Waals surface area contributed by atoms with E-state index in [2.05, 4.69) is 5.32 Å². The van der Waals surface area contributed by atoms with Gasteiger partial charge in [0, 0.05) is 18.1 Å². The molecule has 8 heteroatoms. The van der Waals surface area contributed by atoms with Gasteiger partial charge >= 0.3 is 0 Å². The highest BCUT2D eigenvalue weighted by molar-refractivity contribution is 7.88. The van der Waals surface area contributed by atoms with Gasteiger partial charge < -0.3 is 10.1 Å². The Morgan fingerprint density at radius 1 is 1.23 bits per heavy atom. The number of amides is 1. The first-order valence-electron chi connectivity index (χ1n) is 10.4. The average Bonchev–Trinajstić information content (AvgIpc) is 2.73. The van der Waals surface area contributed by atoms with Gasteiger partial charge in [-0.1, -0.05) is 35.9 Å². The molecule has 1 aliphatic rings. The SMILES string of the molecule is Cc1ccc(C)c(OCCNC(=O)[C@@H]2CCCN(S(=O)(=O)Cc3cccc(Cl)c3)C2)c1. The van der Waals surface area contributed by atoms with Gasteiger partial charge in [-0.05, 0) is 61.6 Å². The molecule has 1 aliphatic heterocycles. The Labute approximate surface area is 189 Å². The fourth-order valence-electron chi connectivity index (χ4n) is 3.68. The van der Waals surface area contributed by atoms with Crippen LogP contribution in [0.4, 0.5) is 0 Å². The molecule has 0 aliphatic carbocycles. The van der Waals surface area contributed by atoms with Gasteiger partial charge in [-0.15, -0.1) is 0 Å². The van der Waals surface area contributed by atoms with Crippen molar-refractivity contribution in [1.82, 2.24) is 9.62 Å². The Bertz CT molecular complexity index is 1030. The smallest absolute Gasteiger partial charge is 0.224 e. The molecule has 31 heavy (non-hydrogen) atoms. The molecule has 0 radical (unpaired) electrons. The van der Waals surface area contributed by atoms with Crippen molar-refractivity contribution in [2.24, 2.45) is 5.92 Å². The van der Waals surface area contributed by atoms with Gasteiger partial charge in [0.25, 0.3) is 0 Å². The monoisotopic (exact) mass is 464 g/mol. The van der Waals surface area contributed by atoms with E-state index in [1.54, 1.807) is 24.3 Å². The maximum Gasteiger partial charge on any atom is 0.224 e. The number of benzene rings is 2. The minimum absolute atomic E-state index is 0.119. The van der Waals surface area contributed by atoms with Crippen LogP contribution in [0.5, 0.6) is 5.75 Å². The number of sulfonamides is 1. The number of carbonyl (C=O) groups excluding carboxylic acids is 1. The molecular weight excluding hydrogens is 436 g/mol. The molecule has 2 aromatic rings. The average molecular weight is 465 g/mol. The van der Waals surface area contributed by atoms with Gasteiger partial charge in [0.2, 0.25) is 15.9 Å². The van der Waals surface area contributed by atoms with Crippen molar-refractivity contribution >= 4 is 27.5 Å². The second-order valence-corrected chi connectivity index (χ2v) is 10.4. The van der Waals surface area contributed by atoms with Crippen molar-refractivity contribution in [1.29, 1.82) is 0 Å². The summed E-state index contributed by atoms with van der Waals surface area (Å²) in [7, 11) is -3.52. The Hall–Kier alpha value is -2.09. The fraction of sp³-hybridized carbons (Fsp3) is 0.435. The highest BCUT2D eigenvalue weighted by Crippen LogP contribution is 2.23. The van der Waals surface area contributed by atoms with Gasteiger partial charge in [0.1, 0.15) is 12.4 Å². The molecule has 0 unspecified atom stereocenters. The third-order valence-corrected chi connectivity index (χ3v) is 7.44. The largest absolute Gasteiger partial charge is 0.491 e. The summed E-state index contributed by atoms with van der Waals surface area (Å²) in [6, 6.07) is 12.9. The molecule has 1 atom stereocenters.